The van der Waals surface area contributed by atoms with E-state index in [0.717, 1.165) is 12.5 Å². The number of amides is 1. The zero-order valence-electron chi connectivity index (χ0n) is 11.4. The van der Waals surface area contributed by atoms with Crippen molar-refractivity contribution in [2.45, 2.75) is 13.3 Å². The monoisotopic (exact) mass is 280 g/mol. The first-order valence-electron chi connectivity index (χ1n) is 6.64. The van der Waals surface area contributed by atoms with Crippen LogP contribution in [0.2, 0.25) is 0 Å². The van der Waals surface area contributed by atoms with E-state index in [9.17, 15) is 13.6 Å². The number of carbonyl (C=O) groups excluding carboxylic acids is 1. The van der Waals surface area contributed by atoms with Crippen LogP contribution in [0.3, 0.4) is 0 Å². The average molecular weight is 280 g/mol. The first-order chi connectivity index (χ1) is 9.51. The van der Waals surface area contributed by atoms with Gasteiger partial charge in [0.1, 0.15) is 11.6 Å². The zero-order valence-corrected chi connectivity index (χ0v) is 11.4. The molecule has 1 saturated heterocycles. The summed E-state index contributed by atoms with van der Waals surface area (Å²) in [5.74, 6) is -1.10. The van der Waals surface area contributed by atoms with Gasteiger partial charge in [0.25, 0.3) is 0 Å². The molecule has 5 heteroatoms. The van der Waals surface area contributed by atoms with Crippen molar-refractivity contribution in [2.75, 3.05) is 19.6 Å². The summed E-state index contributed by atoms with van der Waals surface area (Å²) in [7, 11) is 0. The van der Waals surface area contributed by atoms with Gasteiger partial charge in [-0.05, 0) is 43.5 Å². The summed E-state index contributed by atoms with van der Waals surface area (Å²) in [6, 6.07) is 3.34. The first-order valence-corrected chi connectivity index (χ1v) is 6.64. The van der Waals surface area contributed by atoms with E-state index in [1.807, 2.05) is 0 Å². The van der Waals surface area contributed by atoms with E-state index in [-0.39, 0.29) is 11.5 Å². The van der Waals surface area contributed by atoms with Crippen molar-refractivity contribution in [1.82, 2.24) is 4.90 Å². The summed E-state index contributed by atoms with van der Waals surface area (Å²) in [4.78, 5) is 13.8. The molecule has 1 amide bonds. The molecular formula is C15H18F2N2O. The number of carbonyl (C=O) groups is 1. The van der Waals surface area contributed by atoms with E-state index in [1.54, 1.807) is 11.8 Å². The normalized spacial score (nSPS) is 19.5. The van der Waals surface area contributed by atoms with Gasteiger partial charge in [0, 0.05) is 30.8 Å². The van der Waals surface area contributed by atoms with Crippen molar-refractivity contribution in [1.29, 1.82) is 0 Å². The van der Waals surface area contributed by atoms with Crippen molar-refractivity contribution in [3.05, 3.63) is 41.5 Å². The molecule has 0 saturated carbocycles. The van der Waals surface area contributed by atoms with E-state index in [2.05, 4.69) is 0 Å². The molecular weight excluding hydrogens is 262 g/mol. The fourth-order valence-electron chi connectivity index (χ4n) is 2.39. The minimum absolute atomic E-state index is 0.151. The standard InChI is InChI=1S/C15H18F2N2O/c1-10(13-3-2-12(16)7-14(13)17)6-15(20)19-5-4-11(8-18)9-19/h2-3,6-7,11H,4-5,8-9,18H2,1H3/b10-6+. The van der Waals surface area contributed by atoms with Crippen molar-refractivity contribution < 1.29 is 13.6 Å². The fraction of sp³-hybridized carbons (Fsp3) is 0.400. The topological polar surface area (TPSA) is 46.3 Å². The molecule has 1 atom stereocenters. The maximum Gasteiger partial charge on any atom is 0.246 e. The smallest absolute Gasteiger partial charge is 0.246 e. The van der Waals surface area contributed by atoms with Crippen LogP contribution < -0.4 is 5.73 Å². The van der Waals surface area contributed by atoms with Crippen LogP contribution in [0.1, 0.15) is 18.9 Å². The highest BCUT2D eigenvalue weighted by molar-refractivity contribution is 5.95. The Morgan fingerprint density at radius 1 is 1.50 bits per heavy atom. The largest absolute Gasteiger partial charge is 0.339 e. The van der Waals surface area contributed by atoms with Gasteiger partial charge in [-0.2, -0.15) is 0 Å². The van der Waals surface area contributed by atoms with E-state index >= 15 is 0 Å². The second-order valence-corrected chi connectivity index (χ2v) is 5.13. The third-order valence-corrected chi connectivity index (χ3v) is 3.63. The molecule has 1 fully saturated rings. The Morgan fingerprint density at radius 2 is 2.25 bits per heavy atom. The summed E-state index contributed by atoms with van der Waals surface area (Å²) in [6.07, 6.45) is 2.30. The van der Waals surface area contributed by atoms with Gasteiger partial charge in [0.2, 0.25) is 5.91 Å². The Bertz CT molecular complexity index is 543. The third-order valence-electron chi connectivity index (χ3n) is 3.63. The van der Waals surface area contributed by atoms with Gasteiger partial charge >= 0.3 is 0 Å². The summed E-state index contributed by atoms with van der Waals surface area (Å²) in [6.45, 7) is 3.53. The number of hydrogen-bond acceptors (Lipinski definition) is 2. The zero-order chi connectivity index (χ0) is 14.7. The number of nitrogens with zero attached hydrogens (tertiary/aromatic N) is 1. The molecule has 20 heavy (non-hydrogen) atoms. The van der Waals surface area contributed by atoms with E-state index in [0.29, 0.717) is 31.1 Å². The van der Waals surface area contributed by atoms with Crippen molar-refractivity contribution in [3.8, 4) is 0 Å². The molecule has 0 radical (unpaired) electrons. The van der Waals surface area contributed by atoms with Crippen LogP contribution in [-0.4, -0.2) is 30.4 Å². The number of rotatable bonds is 3. The summed E-state index contributed by atoms with van der Waals surface area (Å²) >= 11 is 0. The molecule has 0 spiro atoms. The Morgan fingerprint density at radius 3 is 2.85 bits per heavy atom. The van der Waals surface area contributed by atoms with Crippen molar-refractivity contribution in [3.63, 3.8) is 0 Å². The van der Waals surface area contributed by atoms with Crippen LogP contribution in [0.4, 0.5) is 8.78 Å². The maximum atomic E-state index is 13.6. The molecule has 1 aromatic carbocycles. The summed E-state index contributed by atoms with van der Waals surface area (Å²) in [5.41, 5.74) is 6.32. The fourth-order valence-corrected chi connectivity index (χ4v) is 2.39. The highest BCUT2D eigenvalue weighted by Gasteiger charge is 2.24. The van der Waals surface area contributed by atoms with E-state index in [4.69, 9.17) is 5.73 Å². The molecule has 2 N–H and O–H groups in total. The minimum Gasteiger partial charge on any atom is -0.339 e. The lowest BCUT2D eigenvalue weighted by atomic mass is 10.1. The third kappa shape index (κ3) is 3.22. The Balaban J connectivity index is 2.12. The highest BCUT2D eigenvalue weighted by Crippen LogP contribution is 2.20. The van der Waals surface area contributed by atoms with Gasteiger partial charge in [-0.15, -0.1) is 0 Å². The Hall–Kier alpha value is -1.75. The SMILES string of the molecule is C/C(=C\C(=O)N1CCC(CN)C1)c1ccc(F)cc1F. The average Bonchev–Trinajstić information content (AvgIpc) is 2.87. The van der Waals surface area contributed by atoms with Crippen LogP contribution in [0.25, 0.3) is 5.57 Å². The van der Waals surface area contributed by atoms with Crippen LogP contribution in [0.5, 0.6) is 0 Å². The molecule has 0 aromatic heterocycles. The Kier molecular flexibility index (Phi) is 4.49. The van der Waals surface area contributed by atoms with Gasteiger partial charge in [-0.25, -0.2) is 8.78 Å². The van der Waals surface area contributed by atoms with Gasteiger partial charge in [0.05, 0.1) is 0 Å². The maximum absolute atomic E-state index is 13.6. The number of nitrogens with two attached hydrogens (primary N) is 1. The number of likely N-dealkylation sites (tertiary alicyclic amines) is 1. The first kappa shape index (κ1) is 14.7. The molecule has 1 aromatic rings. The minimum atomic E-state index is -0.659. The van der Waals surface area contributed by atoms with Gasteiger partial charge in [-0.1, -0.05) is 0 Å². The molecule has 0 bridgehead atoms. The summed E-state index contributed by atoms with van der Waals surface area (Å²) < 4.78 is 26.5. The van der Waals surface area contributed by atoms with Crippen molar-refractivity contribution in [2.24, 2.45) is 11.7 Å². The lowest BCUT2D eigenvalue weighted by molar-refractivity contribution is -0.125. The van der Waals surface area contributed by atoms with Crippen LogP contribution in [0, 0.1) is 17.6 Å². The lowest BCUT2D eigenvalue weighted by Crippen LogP contribution is -2.28. The van der Waals surface area contributed by atoms with Crippen LogP contribution in [-0.2, 0) is 4.79 Å². The second kappa shape index (κ2) is 6.13. The van der Waals surface area contributed by atoms with Crippen molar-refractivity contribution >= 4 is 11.5 Å². The number of hydrogen-bond donors (Lipinski definition) is 1. The van der Waals surface area contributed by atoms with Crippen LogP contribution >= 0.6 is 0 Å². The molecule has 1 heterocycles. The molecule has 3 nitrogen and oxygen atoms in total. The molecule has 1 aliphatic rings. The van der Waals surface area contributed by atoms with Crippen LogP contribution in [0.15, 0.2) is 24.3 Å². The highest BCUT2D eigenvalue weighted by atomic mass is 19.1. The quantitative estimate of drug-likeness (QED) is 0.863. The number of allylic oxidation sites excluding steroid dienone is 1. The molecule has 0 aliphatic carbocycles. The predicted molar refractivity (Wildman–Crippen MR) is 73.8 cm³/mol. The van der Waals surface area contributed by atoms with Gasteiger partial charge < -0.3 is 10.6 Å². The second-order valence-electron chi connectivity index (χ2n) is 5.13. The molecule has 108 valence electrons. The lowest BCUT2D eigenvalue weighted by Gasteiger charge is -2.14. The predicted octanol–water partition coefficient (Wildman–Crippen LogP) is 2.18. The molecule has 1 unspecified atom stereocenters. The number of halogens is 2. The van der Waals surface area contributed by atoms with E-state index in [1.165, 1.54) is 18.2 Å². The molecule has 2 rings (SSSR count). The van der Waals surface area contributed by atoms with Gasteiger partial charge in [-0.3, -0.25) is 4.79 Å². The Labute approximate surface area is 117 Å². The van der Waals surface area contributed by atoms with Gasteiger partial charge in [0.15, 0.2) is 0 Å². The van der Waals surface area contributed by atoms with E-state index < -0.39 is 11.6 Å². The number of benzene rings is 1. The molecule has 1 aliphatic heterocycles. The summed E-state index contributed by atoms with van der Waals surface area (Å²) in [5, 5.41) is 0.